The highest BCUT2D eigenvalue weighted by Crippen LogP contribution is 2.12. The lowest BCUT2D eigenvalue weighted by molar-refractivity contribution is -0.117. The minimum absolute atomic E-state index is 0.0844. The second-order valence-corrected chi connectivity index (χ2v) is 8.00. The molecule has 2 rings (SSSR count). The van der Waals surface area contributed by atoms with Gasteiger partial charge in [0.25, 0.3) is 0 Å². The van der Waals surface area contributed by atoms with Crippen LogP contribution in [0, 0.1) is 5.82 Å². The van der Waals surface area contributed by atoms with Crippen LogP contribution >= 0.6 is 0 Å². The summed E-state index contributed by atoms with van der Waals surface area (Å²) in [6, 6.07) is 13.2. The molecule has 0 radical (unpaired) electrons. The van der Waals surface area contributed by atoms with Crippen LogP contribution in [0.15, 0.2) is 54.6 Å². The number of rotatable bonds is 8. The maximum Gasteiger partial charge on any atom is 0.407 e. The molecule has 0 fully saturated rings. The van der Waals surface area contributed by atoms with E-state index in [1.54, 1.807) is 63.2 Å². The van der Waals surface area contributed by atoms with Crippen LogP contribution in [0.25, 0.3) is 6.08 Å². The third-order valence-electron chi connectivity index (χ3n) is 4.02. The minimum atomic E-state index is -0.601. The van der Waals surface area contributed by atoms with E-state index in [-0.39, 0.29) is 31.3 Å². The Morgan fingerprint density at radius 2 is 1.78 bits per heavy atom. The summed E-state index contributed by atoms with van der Waals surface area (Å²) in [6.07, 6.45) is 2.18. The van der Waals surface area contributed by atoms with Crippen molar-refractivity contribution < 1.29 is 23.5 Å². The number of carbonyl (C=O) groups is 3. The molecule has 0 bridgehead atoms. The zero-order chi connectivity index (χ0) is 23.6. The van der Waals surface area contributed by atoms with Crippen molar-refractivity contribution in [2.75, 3.05) is 11.9 Å². The molecule has 0 heterocycles. The van der Waals surface area contributed by atoms with Crippen molar-refractivity contribution in [2.45, 2.75) is 39.3 Å². The highest BCUT2D eigenvalue weighted by atomic mass is 19.1. The Labute approximate surface area is 187 Å². The van der Waals surface area contributed by atoms with Gasteiger partial charge in [-0.1, -0.05) is 30.3 Å². The molecule has 0 aliphatic rings. The normalized spacial score (nSPS) is 11.1. The predicted octanol–water partition coefficient (Wildman–Crippen LogP) is 4.01. The topological polar surface area (TPSA) is 96.5 Å². The summed E-state index contributed by atoms with van der Waals surface area (Å²) in [7, 11) is 0. The van der Waals surface area contributed by atoms with Gasteiger partial charge >= 0.3 is 6.09 Å². The van der Waals surface area contributed by atoms with Gasteiger partial charge in [-0.3, -0.25) is 9.59 Å². The van der Waals surface area contributed by atoms with Crippen LogP contribution in [0.3, 0.4) is 0 Å². The first kappa shape index (κ1) is 24.6. The van der Waals surface area contributed by atoms with E-state index in [1.807, 2.05) is 0 Å². The molecule has 3 N–H and O–H groups in total. The Kier molecular flexibility index (Phi) is 8.95. The highest BCUT2D eigenvalue weighted by Gasteiger charge is 2.15. The fraction of sp³-hybridized carbons (Fsp3) is 0.292. The van der Waals surface area contributed by atoms with E-state index in [0.717, 1.165) is 5.56 Å². The molecule has 0 aromatic heterocycles. The number of anilines is 1. The molecule has 2 aromatic rings. The number of carbonyl (C=O) groups excluding carboxylic acids is 3. The molecule has 7 nitrogen and oxygen atoms in total. The molecule has 0 saturated carbocycles. The van der Waals surface area contributed by atoms with E-state index < -0.39 is 17.5 Å². The minimum Gasteiger partial charge on any atom is -0.444 e. The van der Waals surface area contributed by atoms with Gasteiger partial charge in [-0.05, 0) is 50.6 Å². The number of nitrogens with one attached hydrogen (secondary N) is 3. The molecule has 8 heteroatoms. The zero-order valence-electron chi connectivity index (χ0n) is 18.4. The van der Waals surface area contributed by atoms with Gasteiger partial charge in [0.1, 0.15) is 11.4 Å². The van der Waals surface area contributed by atoms with E-state index in [4.69, 9.17) is 4.74 Å². The van der Waals surface area contributed by atoms with Gasteiger partial charge < -0.3 is 20.7 Å². The molecule has 3 amide bonds. The summed E-state index contributed by atoms with van der Waals surface area (Å²) in [5.74, 6) is -1.03. The van der Waals surface area contributed by atoms with Gasteiger partial charge in [0.15, 0.2) is 0 Å². The van der Waals surface area contributed by atoms with Crippen LogP contribution in [0.4, 0.5) is 14.9 Å². The summed E-state index contributed by atoms with van der Waals surface area (Å²) in [6.45, 7) is 5.66. The summed E-state index contributed by atoms with van der Waals surface area (Å²) in [4.78, 5) is 35.7. The van der Waals surface area contributed by atoms with Crippen LogP contribution < -0.4 is 16.0 Å². The lowest BCUT2D eigenvalue weighted by Gasteiger charge is -2.19. The summed E-state index contributed by atoms with van der Waals surface area (Å²) < 4.78 is 18.7. The quantitative estimate of drug-likeness (QED) is 0.540. The first-order chi connectivity index (χ1) is 15.1. The highest BCUT2D eigenvalue weighted by molar-refractivity contribution is 5.92. The van der Waals surface area contributed by atoms with E-state index in [1.165, 1.54) is 18.2 Å². The number of halogens is 1. The first-order valence-electron chi connectivity index (χ1n) is 10.2. The molecule has 0 saturated heterocycles. The Hall–Kier alpha value is -3.68. The molecule has 2 aromatic carbocycles. The average Bonchev–Trinajstić information content (AvgIpc) is 2.70. The van der Waals surface area contributed by atoms with Crippen molar-refractivity contribution in [1.82, 2.24) is 10.6 Å². The third-order valence-corrected chi connectivity index (χ3v) is 4.02. The fourth-order valence-corrected chi connectivity index (χ4v) is 2.60. The lowest BCUT2D eigenvalue weighted by atomic mass is 10.2. The molecular formula is C24H28FN3O4. The van der Waals surface area contributed by atoms with Crippen molar-refractivity contribution in [1.29, 1.82) is 0 Å². The van der Waals surface area contributed by atoms with Gasteiger partial charge in [-0.2, -0.15) is 0 Å². The Balaban J connectivity index is 1.78. The molecule has 0 atom stereocenters. The number of alkyl carbamates (subject to hydrolysis) is 1. The van der Waals surface area contributed by atoms with Crippen molar-refractivity contribution in [3.63, 3.8) is 0 Å². The van der Waals surface area contributed by atoms with Crippen molar-refractivity contribution >= 4 is 29.7 Å². The molecule has 0 aliphatic carbocycles. The number of hydrogen-bond donors (Lipinski definition) is 3. The molecule has 0 aliphatic heterocycles. The van der Waals surface area contributed by atoms with Gasteiger partial charge in [0, 0.05) is 36.8 Å². The smallest absolute Gasteiger partial charge is 0.407 e. The van der Waals surface area contributed by atoms with E-state index in [9.17, 15) is 18.8 Å². The predicted molar refractivity (Wildman–Crippen MR) is 121 cm³/mol. The first-order valence-corrected chi connectivity index (χ1v) is 10.2. The maximum atomic E-state index is 13.6. The Morgan fingerprint density at radius 1 is 1.03 bits per heavy atom. The van der Waals surface area contributed by atoms with E-state index >= 15 is 0 Å². The standard InChI is InChI=1S/C24H28FN3O4/c1-24(2,3)32-23(31)26-14-13-22(30)28-19-9-6-7-17(15-19)16-27-21(29)12-11-18-8-4-5-10-20(18)25/h4-12,15H,13-14,16H2,1-3H3,(H,26,31)(H,27,29)(H,28,30)/b12-11+. The molecular weight excluding hydrogens is 413 g/mol. The molecule has 32 heavy (non-hydrogen) atoms. The van der Waals surface area contributed by atoms with Crippen LogP contribution in [-0.4, -0.2) is 30.1 Å². The molecule has 170 valence electrons. The van der Waals surface area contributed by atoms with Gasteiger partial charge in [-0.25, -0.2) is 9.18 Å². The number of ether oxygens (including phenoxy) is 1. The van der Waals surface area contributed by atoms with Crippen LogP contribution in [-0.2, 0) is 20.9 Å². The van der Waals surface area contributed by atoms with Crippen LogP contribution in [0.2, 0.25) is 0 Å². The summed E-state index contributed by atoms with van der Waals surface area (Å²) in [5.41, 5.74) is 1.08. The summed E-state index contributed by atoms with van der Waals surface area (Å²) >= 11 is 0. The second-order valence-electron chi connectivity index (χ2n) is 8.00. The largest absolute Gasteiger partial charge is 0.444 e. The Bertz CT molecular complexity index is 983. The molecule has 0 unspecified atom stereocenters. The zero-order valence-corrected chi connectivity index (χ0v) is 18.4. The van der Waals surface area contributed by atoms with Gasteiger partial charge in [-0.15, -0.1) is 0 Å². The fourth-order valence-electron chi connectivity index (χ4n) is 2.60. The Morgan fingerprint density at radius 3 is 2.50 bits per heavy atom. The number of benzene rings is 2. The third kappa shape index (κ3) is 9.42. The molecule has 0 spiro atoms. The van der Waals surface area contributed by atoms with Crippen LogP contribution in [0.5, 0.6) is 0 Å². The van der Waals surface area contributed by atoms with E-state index in [0.29, 0.717) is 11.3 Å². The van der Waals surface area contributed by atoms with Crippen molar-refractivity contribution in [2.24, 2.45) is 0 Å². The van der Waals surface area contributed by atoms with E-state index in [2.05, 4.69) is 16.0 Å². The van der Waals surface area contributed by atoms with Crippen molar-refractivity contribution in [3.8, 4) is 0 Å². The van der Waals surface area contributed by atoms with Crippen LogP contribution in [0.1, 0.15) is 38.3 Å². The maximum absolute atomic E-state index is 13.6. The van der Waals surface area contributed by atoms with Gasteiger partial charge in [0.2, 0.25) is 11.8 Å². The summed E-state index contributed by atoms with van der Waals surface area (Å²) in [5, 5.41) is 7.99. The monoisotopic (exact) mass is 441 g/mol. The second kappa shape index (κ2) is 11.6. The van der Waals surface area contributed by atoms with Crippen molar-refractivity contribution in [3.05, 3.63) is 71.6 Å². The van der Waals surface area contributed by atoms with Gasteiger partial charge in [0.05, 0.1) is 0 Å². The number of hydrogen-bond acceptors (Lipinski definition) is 4. The SMILES string of the molecule is CC(C)(C)OC(=O)NCCC(=O)Nc1cccc(CNC(=O)/C=C/c2ccccc2F)c1. The number of amides is 3. The average molecular weight is 442 g/mol. The lowest BCUT2D eigenvalue weighted by Crippen LogP contribution is -2.34.